The zero-order valence-corrected chi connectivity index (χ0v) is 34.1. The molecule has 0 aliphatic rings. The van der Waals surface area contributed by atoms with Gasteiger partial charge in [0.2, 0.25) is 0 Å². The number of aliphatic hydroxyl groups is 1. The molecule has 0 atom stereocenters. The fourth-order valence-corrected chi connectivity index (χ4v) is 7.22. The van der Waals surface area contributed by atoms with E-state index in [1.54, 1.807) is 12.3 Å². The van der Waals surface area contributed by atoms with Crippen LogP contribution in [0.5, 0.6) is 0 Å². The molecule has 0 fully saturated rings. The first-order chi connectivity index (χ1) is 22.6. The quantitative estimate of drug-likeness (QED) is 0.0748. The summed E-state index contributed by atoms with van der Waals surface area (Å²) in [6, 6.07) is 19.1. The fourth-order valence-electron chi connectivity index (χ4n) is 7.22. The smallest absolute Gasteiger partial charge is 0.394 e. The molecule has 50 heavy (non-hydrogen) atoms. The Morgan fingerprint density at radius 1 is 0.800 bits per heavy atom. The number of benzene rings is 3. The molecule has 0 spiro atoms. The van der Waals surface area contributed by atoms with Crippen molar-refractivity contribution < 1.29 is 43.2 Å². The number of carbonyl (C=O) groups excluding carboxylic acids is 1. The number of nitrogens with zero attached hydrogens (tertiary/aromatic N) is 1. The number of hydrogen-bond acceptors (Lipinski definition) is 3. The van der Waals surface area contributed by atoms with Gasteiger partial charge in [0.05, 0.1) is 11.2 Å². The summed E-state index contributed by atoms with van der Waals surface area (Å²) < 4.78 is 39.9. The summed E-state index contributed by atoms with van der Waals surface area (Å²) in [5, 5.41) is 14.3. The Bertz CT molecular complexity index is 1750. The number of allylic oxidation sites excluding steroid dienone is 2. The second kappa shape index (κ2) is 17.5. The first-order valence-corrected chi connectivity index (χ1v) is 17.5. The first-order valence-electron chi connectivity index (χ1n) is 17.5. The van der Waals surface area contributed by atoms with Gasteiger partial charge in [-0.1, -0.05) is 113 Å². The van der Waals surface area contributed by atoms with E-state index in [1.165, 1.54) is 19.9 Å². The molecule has 0 saturated carbocycles. The number of hydrogen-bond donors (Lipinski definition) is 1. The average Bonchev–Trinajstić information content (AvgIpc) is 2.94. The van der Waals surface area contributed by atoms with Gasteiger partial charge < -0.3 is 10.1 Å². The molecule has 1 aromatic heterocycles. The van der Waals surface area contributed by atoms with Crippen LogP contribution in [0.3, 0.4) is 0 Å². The molecular formula is C43H55F3IrNO2-. The largest absolute Gasteiger partial charge is 0.512 e. The summed E-state index contributed by atoms with van der Waals surface area (Å²) in [6.45, 7) is 23.2. The Morgan fingerprint density at radius 3 is 1.88 bits per heavy atom. The van der Waals surface area contributed by atoms with Gasteiger partial charge in [-0.15, -0.1) is 34.9 Å². The van der Waals surface area contributed by atoms with E-state index in [1.807, 2.05) is 37.3 Å². The number of aromatic nitrogens is 1. The number of halogens is 3. The predicted octanol–water partition coefficient (Wildman–Crippen LogP) is 12.5. The van der Waals surface area contributed by atoms with Gasteiger partial charge in [-0.05, 0) is 69.0 Å². The number of fused-ring (bicyclic) bond motifs is 3. The summed E-state index contributed by atoms with van der Waals surface area (Å²) in [6.07, 6.45) is -1.03. The van der Waals surface area contributed by atoms with Crippen molar-refractivity contribution in [2.75, 3.05) is 0 Å². The molecule has 3 nitrogen and oxygen atoms in total. The number of ketones is 1. The number of aliphatic hydroxyl groups excluding tert-OH is 1. The fraction of sp³-hybridized carbons (Fsp3) is 0.488. The molecule has 7 heteroatoms. The van der Waals surface area contributed by atoms with E-state index in [0.29, 0.717) is 29.2 Å². The van der Waals surface area contributed by atoms with E-state index >= 15 is 0 Å². The SMILES string of the molecule is CC(C)C(C(=O)/C=C(\O)C(C(C)C)C(C)C)C(C)C.Cc1[c-]c(-c2nccc3c2ccc2cc(CC(C)(C)C(F)(F)F)ccc23)cc(C)c1.[Ir]. The topological polar surface area (TPSA) is 50.2 Å². The predicted molar refractivity (Wildman–Crippen MR) is 199 cm³/mol. The second-order valence-electron chi connectivity index (χ2n) is 15.7. The van der Waals surface area contributed by atoms with E-state index in [4.69, 9.17) is 0 Å². The molecule has 1 N–H and O–H groups in total. The average molecular weight is 867 g/mol. The maximum Gasteiger partial charge on any atom is 0.394 e. The monoisotopic (exact) mass is 867 g/mol. The van der Waals surface area contributed by atoms with Crippen molar-refractivity contribution >= 4 is 27.3 Å². The van der Waals surface area contributed by atoms with E-state index in [2.05, 4.69) is 85.5 Å². The standard InChI is InChI=1S/C26H23F3N.C17H32O2.Ir/c1-16-11-17(2)13-20(12-16)24-23-8-6-19-14-18(15-25(3,4)26(27,28)29)5-7-21(19)22(23)9-10-30-24;1-10(2)16(11(3)4)14(18)9-15(19)17(12(5)6)13(7)8;/h5-12,14H,15H2,1-4H3;9-13,16-18H,1-8H3;/q-1;;/b;14-9-;. The van der Waals surface area contributed by atoms with Gasteiger partial charge in [0.25, 0.3) is 0 Å². The molecule has 4 aromatic rings. The van der Waals surface area contributed by atoms with E-state index < -0.39 is 11.6 Å². The van der Waals surface area contributed by atoms with Crippen molar-refractivity contribution in [3.8, 4) is 11.3 Å². The van der Waals surface area contributed by atoms with Crippen molar-refractivity contribution in [2.24, 2.45) is 40.9 Å². The van der Waals surface area contributed by atoms with Gasteiger partial charge in [-0.2, -0.15) is 13.2 Å². The van der Waals surface area contributed by atoms with Crippen LogP contribution in [0.25, 0.3) is 32.8 Å². The molecule has 0 aliphatic carbocycles. The van der Waals surface area contributed by atoms with Crippen molar-refractivity contribution in [1.29, 1.82) is 0 Å². The van der Waals surface area contributed by atoms with Crippen LogP contribution in [0.15, 0.2) is 66.6 Å². The van der Waals surface area contributed by atoms with Gasteiger partial charge in [0.1, 0.15) is 0 Å². The van der Waals surface area contributed by atoms with Gasteiger partial charge in [-0.25, -0.2) is 0 Å². The number of pyridine rings is 1. The molecule has 0 saturated heterocycles. The third-order valence-electron chi connectivity index (χ3n) is 9.48. The number of carbonyl (C=O) groups is 1. The maximum absolute atomic E-state index is 13.3. The van der Waals surface area contributed by atoms with Crippen molar-refractivity contribution in [2.45, 2.75) is 95.7 Å². The van der Waals surface area contributed by atoms with Crippen LogP contribution in [0.2, 0.25) is 0 Å². The molecule has 275 valence electrons. The van der Waals surface area contributed by atoms with E-state index in [0.717, 1.165) is 43.9 Å². The van der Waals surface area contributed by atoms with Crippen LogP contribution in [0.4, 0.5) is 13.2 Å². The minimum atomic E-state index is -4.24. The van der Waals surface area contributed by atoms with Gasteiger partial charge in [0.15, 0.2) is 5.78 Å². The summed E-state index contributed by atoms with van der Waals surface area (Å²) >= 11 is 0. The maximum atomic E-state index is 13.3. The molecule has 0 bridgehead atoms. The van der Waals surface area contributed by atoms with Crippen molar-refractivity contribution in [1.82, 2.24) is 4.98 Å². The summed E-state index contributed by atoms with van der Waals surface area (Å²) in [5.41, 5.74) is 2.93. The Hall–Kier alpha value is -3.02. The minimum absolute atomic E-state index is 0. The van der Waals surface area contributed by atoms with Crippen molar-refractivity contribution in [3.05, 3.63) is 89.3 Å². The van der Waals surface area contributed by atoms with Crippen LogP contribution in [-0.4, -0.2) is 22.1 Å². The molecule has 1 radical (unpaired) electrons. The van der Waals surface area contributed by atoms with Crippen LogP contribution < -0.4 is 0 Å². The van der Waals surface area contributed by atoms with Crippen LogP contribution in [0, 0.1) is 60.8 Å². The zero-order valence-electron chi connectivity index (χ0n) is 31.7. The van der Waals surface area contributed by atoms with E-state index in [-0.39, 0.29) is 49.9 Å². The van der Waals surface area contributed by atoms with Crippen molar-refractivity contribution in [3.63, 3.8) is 0 Å². The van der Waals surface area contributed by atoms with Gasteiger partial charge >= 0.3 is 6.18 Å². The number of alkyl halides is 3. The number of rotatable bonds is 10. The third-order valence-corrected chi connectivity index (χ3v) is 9.48. The summed E-state index contributed by atoms with van der Waals surface area (Å²) in [4.78, 5) is 17.0. The summed E-state index contributed by atoms with van der Waals surface area (Å²) in [5.74, 6) is 1.63. The zero-order chi connectivity index (χ0) is 37.0. The van der Waals surface area contributed by atoms with Crippen LogP contribution in [0.1, 0.15) is 85.9 Å². The minimum Gasteiger partial charge on any atom is -0.512 e. The second-order valence-corrected chi connectivity index (χ2v) is 15.7. The normalized spacial score (nSPS) is 12.8. The Kier molecular flexibility index (Phi) is 15.1. The molecule has 4 rings (SSSR count). The third kappa shape index (κ3) is 10.5. The Labute approximate surface area is 311 Å². The van der Waals surface area contributed by atoms with E-state index in [9.17, 15) is 23.1 Å². The van der Waals surface area contributed by atoms with Crippen LogP contribution in [-0.2, 0) is 31.3 Å². The Balaban J connectivity index is 0.000000379. The van der Waals surface area contributed by atoms with Gasteiger partial charge in [0, 0.05) is 44.2 Å². The molecule has 0 aliphatic heterocycles. The molecular weight excluding hydrogens is 812 g/mol. The molecule has 3 aromatic carbocycles. The Morgan fingerprint density at radius 2 is 1.36 bits per heavy atom. The van der Waals surface area contributed by atoms with Gasteiger partial charge in [-0.3, -0.25) is 4.79 Å². The molecule has 0 amide bonds. The molecule has 1 heterocycles. The first kappa shape index (κ1) is 43.1. The summed E-state index contributed by atoms with van der Waals surface area (Å²) in [7, 11) is 0. The number of aryl methyl sites for hydroxylation is 2. The molecule has 0 unspecified atom stereocenters. The van der Waals surface area contributed by atoms with Crippen LogP contribution >= 0.6 is 0 Å².